The van der Waals surface area contributed by atoms with Gasteiger partial charge in [0.05, 0.1) is 0 Å². The third-order valence-corrected chi connectivity index (χ3v) is 3.03. The summed E-state index contributed by atoms with van der Waals surface area (Å²) in [4.78, 5) is 12.1. The highest BCUT2D eigenvalue weighted by molar-refractivity contribution is 6.31. The molecule has 0 aliphatic rings. The van der Waals surface area contributed by atoms with Gasteiger partial charge in [-0.2, -0.15) is 0 Å². The number of carbonyl (C=O) groups is 1. The summed E-state index contributed by atoms with van der Waals surface area (Å²) in [5.41, 5.74) is 4.09. The molecule has 18 heavy (non-hydrogen) atoms. The monoisotopic (exact) mass is 258 g/mol. The number of hydrogen-bond donors (Lipinski definition) is 0. The van der Waals surface area contributed by atoms with E-state index < -0.39 is 0 Å². The summed E-state index contributed by atoms with van der Waals surface area (Å²) in [5.74, 6) is 0.0995. The number of carbonyl (C=O) groups excluding carboxylic acids is 1. The molecule has 0 amide bonds. The SMILES string of the molecule is Cc1cc(C)cc(CC(=O)c2cccc(Cl)c2)c1. The highest BCUT2D eigenvalue weighted by Gasteiger charge is 2.08. The van der Waals surface area contributed by atoms with Gasteiger partial charge in [-0.05, 0) is 31.5 Å². The molecule has 0 atom stereocenters. The molecule has 0 aliphatic heterocycles. The Morgan fingerprint density at radius 3 is 2.33 bits per heavy atom. The number of benzene rings is 2. The molecular formula is C16H15ClO. The Labute approximate surface area is 112 Å². The fourth-order valence-electron chi connectivity index (χ4n) is 2.12. The number of hydrogen-bond acceptors (Lipinski definition) is 1. The first kappa shape index (κ1) is 12.8. The molecule has 2 rings (SSSR count). The molecule has 2 aromatic carbocycles. The van der Waals surface area contributed by atoms with Crippen LogP contribution in [0.25, 0.3) is 0 Å². The van der Waals surface area contributed by atoms with Crippen molar-refractivity contribution in [1.82, 2.24) is 0 Å². The minimum Gasteiger partial charge on any atom is -0.294 e. The lowest BCUT2D eigenvalue weighted by Crippen LogP contribution is -2.03. The van der Waals surface area contributed by atoms with Gasteiger partial charge in [0.2, 0.25) is 0 Å². The first-order valence-corrected chi connectivity index (χ1v) is 6.28. The van der Waals surface area contributed by atoms with E-state index in [0.717, 1.165) is 5.56 Å². The molecule has 0 radical (unpaired) electrons. The molecule has 0 aliphatic carbocycles. The number of aryl methyl sites for hydroxylation is 2. The molecule has 0 spiro atoms. The Bertz CT molecular complexity index is 567. The zero-order valence-corrected chi connectivity index (χ0v) is 11.3. The number of rotatable bonds is 3. The summed E-state index contributed by atoms with van der Waals surface area (Å²) in [6.45, 7) is 4.08. The zero-order chi connectivity index (χ0) is 13.1. The van der Waals surface area contributed by atoms with Gasteiger partial charge >= 0.3 is 0 Å². The van der Waals surface area contributed by atoms with Crippen molar-refractivity contribution >= 4 is 17.4 Å². The first-order valence-electron chi connectivity index (χ1n) is 5.90. The molecule has 0 saturated heterocycles. The predicted octanol–water partition coefficient (Wildman–Crippen LogP) is 4.38. The average molecular weight is 259 g/mol. The maximum absolute atomic E-state index is 12.1. The van der Waals surface area contributed by atoms with Gasteiger partial charge in [0.1, 0.15) is 0 Å². The summed E-state index contributed by atoms with van der Waals surface area (Å²) >= 11 is 5.89. The molecule has 92 valence electrons. The third-order valence-electron chi connectivity index (χ3n) is 2.79. The van der Waals surface area contributed by atoms with Crippen molar-refractivity contribution in [2.45, 2.75) is 20.3 Å². The van der Waals surface area contributed by atoms with Crippen LogP contribution in [0.5, 0.6) is 0 Å². The summed E-state index contributed by atoms with van der Waals surface area (Å²) in [5, 5.41) is 0.598. The highest BCUT2D eigenvalue weighted by Crippen LogP contribution is 2.15. The molecule has 0 saturated carbocycles. The van der Waals surface area contributed by atoms with E-state index in [0.29, 0.717) is 17.0 Å². The lowest BCUT2D eigenvalue weighted by Gasteiger charge is -2.05. The molecule has 0 aromatic heterocycles. The second-order valence-corrected chi connectivity index (χ2v) is 5.04. The fourth-order valence-corrected chi connectivity index (χ4v) is 2.31. The van der Waals surface area contributed by atoms with Crippen molar-refractivity contribution in [3.63, 3.8) is 0 Å². The Morgan fingerprint density at radius 1 is 1.06 bits per heavy atom. The van der Waals surface area contributed by atoms with Crippen molar-refractivity contribution in [3.05, 3.63) is 69.7 Å². The number of Topliss-reactive ketones (excluding diaryl/α,β-unsaturated/α-hetero) is 1. The van der Waals surface area contributed by atoms with Gasteiger partial charge < -0.3 is 0 Å². The molecular weight excluding hydrogens is 244 g/mol. The molecule has 0 heterocycles. The largest absolute Gasteiger partial charge is 0.294 e. The van der Waals surface area contributed by atoms with Gasteiger partial charge in [-0.1, -0.05) is 53.1 Å². The van der Waals surface area contributed by atoms with Crippen LogP contribution in [0.15, 0.2) is 42.5 Å². The smallest absolute Gasteiger partial charge is 0.167 e. The third kappa shape index (κ3) is 3.21. The van der Waals surface area contributed by atoms with Gasteiger partial charge in [-0.25, -0.2) is 0 Å². The lowest BCUT2D eigenvalue weighted by atomic mass is 10.00. The Hall–Kier alpha value is -1.60. The van der Waals surface area contributed by atoms with E-state index in [-0.39, 0.29) is 5.78 Å². The normalized spacial score (nSPS) is 10.4. The Morgan fingerprint density at radius 2 is 1.72 bits per heavy atom. The van der Waals surface area contributed by atoms with E-state index >= 15 is 0 Å². The molecule has 0 bridgehead atoms. The van der Waals surface area contributed by atoms with Gasteiger partial charge in [-0.15, -0.1) is 0 Å². The molecule has 2 aromatic rings. The van der Waals surface area contributed by atoms with Crippen LogP contribution in [0.1, 0.15) is 27.0 Å². The van der Waals surface area contributed by atoms with E-state index in [4.69, 9.17) is 11.6 Å². The number of ketones is 1. The van der Waals surface area contributed by atoms with Crippen LogP contribution in [0.3, 0.4) is 0 Å². The van der Waals surface area contributed by atoms with E-state index in [1.54, 1.807) is 24.3 Å². The van der Waals surface area contributed by atoms with Gasteiger partial charge in [-0.3, -0.25) is 4.79 Å². The van der Waals surface area contributed by atoms with Crippen LogP contribution in [0.4, 0.5) is 0 Å². The van der Waals surface area contributed by atoms with Crippen LogP contribution in [0, 0.1) is 13.8 Å². The van der Waals surface area contributed by atoms with Gasteiger partial charge in [0.15, 0.2) is 5.78 Å². The maximum atomic E-state index is 12.1. The molecule has 2 heteroatoms. The second-order valence-electron chi connectivity index (χ2n) is 4.61. The predicted molar refractivity (Wildman–Crippen MR) is 75.4 cm³/mol. The minimum absolute atomic E-state index is 0.0995. The summed E-state index contributed by atoms with van der Waals surface area (Å²) in [7, 11) is 0. The van der Waals surface area contributed by atoms with E-state index in [1.807, 2.05) is 13.8 Å². The zero-order valence-electron chi connectivity index (χ0n) is 10.5. The lowest BCUT2D eigenvalue weighted by molar-refractivity contribution is 0.0993. The average Bonchev–Trinajstić information content (AvgIpc) is 2.27. The van der Waals surface area contributed by atoms with Crippen molar-refractivity contribution in [2.75, 3.05) is 0 Å². The summed E-state index contributed by atoms with van der Waals surface area (Å²) < 4.78 is 0. The second kappa shape index (κ2) is 5.36. The van der Waals surface area contributed by atoms with Crippen molar-refractivity contribution < 1.29 is 4.79 Å². The molecule has 0 fully saturated rings. The van der Waals surface area contributed by atoms with Crippen LogP contribution >= 0.6 is 11.6 Å². The summed E-state index contributed by atoms with van der Waals surface area (Å²) in [6, 6.07) is 13.3. The topological polar surface area (TPSA) is 17.1 Å². The summed E-state index contributed by atoms with van der Waals surface area (Å²) in [6.07, 6.45) is 0.420. The molecule has 0 unspecified atom stereocenters. The van der Waals surface area contributed by atoms with E-state index in [9.17, 15) is 4.79 Å². The standard InChI is InChI=1S/C16H15ClO/c1-11-6-12(2)8-13(7-11)9-16(18)14-4-3-5-15(17)10-14/h3-8,10H,9H2,1-2H3. The first-order chi connectivity index (χ1) is 8.54. The Balaban J connectivity index is 2.21. The fraction of sp³-hybridized carbons (Fsp3) is 0.188. The van der Waals surface area contributed by atoms with Gasteiger partial charge in [0.25, 0.3) is 0 Å². The quantitative estimate of drug-likeness (QED) is 0.747. The minimum atomic E-state index is 0.0995. The maximum Gasteiger partial charge on any atom is 0.167 e. The molecule has 0 N–H and O–H groups in total. The molecule has 1 nitrogen and oxygen atoms in total. The van der Waals surface area contributed by atoms with Crippen molar-refractivity contribution in [2.24, 2.45) is 0 Å². The van der Waals surface area contributed by atoms with E-state index in [2.05, 4.69) is 18.2 Å². The number of halogens is 1. The van der Waals surface area contributed by atoms with Crippen LogP contribution in [0.2, 0.25) is 5.02 Å². The van der Waals surface area contributed by atoms with Crippen molar-refractivity contribution in [3.8, 4) is 0 Å². The van der Waals surface area contributed by atoms with E-state index in [1.165, 1.54) is 11.1 Å². The highest BCUT2D eigenvalue weighted by atomic mass is 35.5. The van der Waals surface area contributed by atoms with Gasteiger partial charge in [0, 0.05) is 17.0 Å². The van der Waals surface area contributed by atoms with Crippen LogP contribution in [-0.2, 0) is 6.42 Å². The van der Waals surface area contributed by atoms with Crippen LogP contribution in [-0.4, -0.2) is 5.78 Å². The Kier molecular flexibility index (Phi) is 3.83. The van der Waals surface area contributed by atoms with Crippen LogP contribution < -0.4 is 0 Å². The van der Waals surface area contributed by atoms with Crippen molar-refractivity contribution in [1.29, 1.82) is 0 Å².